The van der Waals surface area contributed by atoms with E-state index in [0.717, 1.165) is 5.56 Å². The molecule has 188 valence electrons. The van der Waals surface area contributed by atoms with Crippen LogP contribution < -0.4 is 9.64 Å². The highest BCUT2D eigenvalue weighted by Gasteiger charge is 2.25. The van der Waals surface area contributed by atoms with Crippen LogP contribution >= 0.6 is 0 Å². The first-order valence-electron chi connectivity index (χ1n) is 11.5. The molecule has 0 saturated carbocycles. The molecular formula is C24H20F2N8O3. The van der Waals surface area contributed by atoms with Crippen LogP contribution in [0.1, 0.15) is 18.1 Å². The molecule has 5 aromatic rings. The van der Waals surface area contributed by atoms with Crippen molar-refractivity contribution in [3.05, 3.63) is 60.2 Å². The summed E-state index contributed by atoms with van der Waals surface area (Å²) in [6, 6.07) is 13.7. The number of morpholine rings is 1. The fourth-order valence-electron chi connectivity index (χ4n) is 3.98. The third-order valence-corrected chi connectivity index (χ3v) is 5.72. The maximum atomic E-state index is 14.0. The van der Waals surface area contributed by atoms with E-state index in [1.807, 2.05) is 4.90 Å². The Morgan fingerprint density at radius 3 is 2.38 bits per heavy atom. The summed E-state index contributed by atoms with van der Waals surface area (Å²) in [7, 11) is 0. The van der Waals surface area contributed by atoms with Crippen molar-refractivity contribution >= 4 is 17.0 Å². The molecule has 0 radical (unpaired) electrons. The summed E-state index contributed by atoms with van der Waals surface area (Å²) in [6.45, 7) is 3.76. The molecular weight excluding hydrogens is 486 g/mol. The van der Waals surface area contributed by atoms with E-state index < -0.39 is 12.2 Å². The zero-order valence-corrected chi connectivity index (χ0v) is 19.6. The molecule has 4 heterocycles. The van der Waals surface area contributed by atoms with Crippen molar-refractivity contribution in [1.82, 2.24) is 34.6 Å². The molecule has 0 unspecified atom stereocenters. The van der Waals surface area contributed by atoms with Crippen LogP contribution in [0.2, 0.25) is 0 Å². The van der Waals surface area contributed by atoms with Crippen LogP contribution in [0.4, 0.5) is 14.7 Å². The first-order valence-corrected chi connectivity index (χ1v) is 11.5. The SMILES string of the molecule is Cc1nc(-c2ccc(Oc3nc(N4CCOCC4)nc(-n4c(C(F)F)nc5ccccc54)n3)cc2)no1. The summed E-state index contributed by atoms with van der Waals surface area (Å²) < 4.78 is 45.7. The average Bonchev–Trinajstić information content (AvgIpc) is 3.53. The highest BCUT2D eigenvalue weighted by Crippen LogP contribution is 2.29. The molecule has 6 rings (SSSR count). The van der Waals surface area contributed by atoms with E-state index in [1.165, 1.54) is 4.57 Å². The van der Waals surface area contributed by atoms with E-state index in [9.17, 15) is 8.78 Å². The minimum atomic E-state index is -2.85. The lowest BCUT2D eigenvalue weighted by Crippen LogP contribution is -2.37. The van der Waals surface area contributed by atoms with Crippen LogP contribution in [-0.2, 0) is 4.74 Å². The first-order chi connectivity index (χ1) is 18.0. The van der Waals surface area contributed by atoms with Gasteiger partial charge in [-0.3, -0.25) is 4.57 Å². The summed E-state index contributed by atoms with van der Waals surface area (Å²) in [4.78, 5) is 23.6. The first kappa shape index (κ1) is 22.9. The molecule has 0 aliphatic carbocycles. The van der Waals surface area contributed by atoms with Crippen LogP contribution in [0.3, 0.4) is 0 Å². The molecule has 13 heteroatoms. The number of para-hydroxylation sites is 2. The molecule has 1 aliphatic rings. The predicted octanol–water partition coefficient (Wildman–Crippen LogP) is 4.14. The Kier molecular flexibility index (Phi) is 5.88. The fraction of sp³-hybridized carbons (Fsp3) is 0.250. The molecule has 37 heavy (non-hydrogen) atoms. The van der Waals surface area contributed by atoms with Gasteiger partial charge in [-0.2, -0.15) is 19.9 Å². The van der Waals surface area contributed by atoms with Gasteiger partial charge in [0.05, 0.1) is 24.2 Å². The lowest BCUT2D eigenvalue weighted by Gasteiger charge is -2.27. The van der Waals surface area contributed by atoms with Crippen molar-refractivity contribution in [1.29, 1.82) is 0 Å². The number of aryl methyl sites for hydroxylation is 1. The Morgan fingerprint density at radius 1 is 0.892 bits per heavy atom. The molecule has 3 aromatic heterocycles. The summed E-state index contributed by atoms with van der Waals surface area (Å²) in [5.41, 5.74) is 1.59. The molecule has 1 fully saturated rings. The molecule has 1 aliphatic heterocycles. The van der Waals surface area contributed by atoms with E-state index in [1.54, 1.807) is 55.5 Å². The number of imidazole rings is 1. The predicted molar refractivity (Wildman–Crippen MR) is 127 cm³/mol. The van der Waals surface area contributed by atoms with E-state index >= 15 is 0 Å². The molecule has 2 aromatic carbocycles. The van der Waals surface area contributed by atoms with Gasteiger partial charge in [-0.15, -0.1) is 0 Å². The van der Waals surface area contributed by atoms with Gasteiger partial charge in [-0.1, -0.05) is 17.3 Å². The third-order valence-electron chi connectivity index (χ3n) is 5.72. The van der Waals surface area contributed by atoms with Gasteiger partial charge in [0.15, 0.2) is 5.82 Å². The largest absolute Gasteiger partial charge is 0.424 e. The number of fused-ring (bicyclic) bond motifs is 1. The smallest absolute Gasteiger partial charge is 0.328 e. The zero-order valence-electron chi connectivity index (χ0n) is 19.6. The number of hydrogen-bond acceptors (Lipinski definition) is 10. The fourth-order valence-corrected chi connectivity index (χ4v) is 3.98. The Balaban J connectivity index is 1.41. The number of halogens is 2. The summed E-state index contributed by atoms with van der Waals surface area (Å²) in [5.74, 6) is 1.14. The monoisotopic (exact) mass is 506 g/mol. The summed E-state index contributed by atoms with van der Waals surface area (Å²) in [5, 5.41) is 3.90. The Morgan fingerprint density at radius 2 is 1.65 bits per heavy atom. The number of aromatic nitrogens is 7. The Bertz CT molecular complexity index is 1550. The number of alkyl halides is 2. The van der Waals surface area contributed by atoms with Crippen molar-refractivity contribution in [2.75, 3.05) is 31.2 Å². The molecule has 0 spiro atoms. The number of hydrogen-bond donors (Lipinski definition) is 0. The standard InChI is InChI=1S/C24H20F2N8O3/c1-14-27-20(32-37-14)15-6-8-16(9-7-15)36-24-30-22(33-10-12-35-13-11-33)29-23(31-24)34-18-5-3-2-4-17(18)28-21(34)19(25)26/h2-9,19H,10-13H2,1H3. The molecule has 0 amide bonds. The topological polar surface area (TPSA) is 117 Å². The van der Waals surface area contributed by atoms with Gasteiger partial charge < -0.3 is 18.9 Å². The molecule has 1 saturated heterocycles. The van der Waals surface area contributed by atoms with Gasteiger partial charge in [0.25, 0.3) is 6.43 Å². The van der Waals surface area contributed by atoms with Crippen molar-refractivity contribution in [3.63, 3.8) is 0 Å². The molecule has 0 N–H and O–H groups in total. The van der Waals surface area contributed by atoms with Crippen LogP contribution in [0.25, 0.3) is 28.4 Å². The molecule has 0 atom stereocenters. The highest BCUT2D eigenvalue weighted by molar-refractivity contribution is 5.77. The zero-order chi connectivity index (χ0) is 25.4. The van der Waals surface area contributed by atoms with Gasteiger partial charge in [0.2, 0.25) is 23.6 Å². The summed E-state index contributed by atoms with van der Waals surface area (Å²) in [6.07, 6.45) is -2.85. The van der Waals surface area contributed by atoms with Crippen molar-refractivity contribution in [3.8, 4) is 29.1 Å². The number of anilines is 1. The maximum Gasteiger partial charge on any atom is 0.328 e. The van der Waals surface area contributed by atoms with E-state index in [-0.39, 0.29) is 12.0 Å². The lowest BCUT2D eigenvalue weighted by atomic mass is 10.2. The van der Waals surface area contributed by atoms with Gasteiger partial charge in [-0.05, 0) is 36.4 Å². The highest BCUT2D eigenvalue weighted by atomic mass is 19.3. The van der Waals surface area contributed by atoms with Crippen molar-refractivity contribution < 1.29 is 22.8 Å². The minimum Gasteiger partial charge on any atom is -0.424 e. The van der Waals surface area contributed by atoms with Gasteiger partial charge in [0, 0.05) is 25.6 Å². The van der Waals surface area contributed by atoms with Crippen molar-refractivity contribution in [2.24, 2.45) is 0 Å². The second kappa shape index (κ2) is 9.50. The molecule has 11 nitrogen and oxygen atoms in total. The second-order valence-corrected chi connectivity index (χ2v) is 8.18. The van der Waals surface area contributed by atoms with Crippen LogP contribution in [-0.4, -0.2) is 60.9 Å². The third kappa shape index (κ3) is 4.56. The van der Waals surface area contributed by atoms with Crippen LogP contribution in [0.5, 0.6) is 11.8 Å². The van der Waals surface area contributed by atoms with Gasteiger partial charge in [-0.25, -0.2) is 13.8 Å². The van der Waals surface area contributed by atoms with Crippen molar-refractivity contribution in [2.45, 2.75) is 13.3 Å². The lowest BCUT2D eigenvalue weighted by molar-refractivity contribution is 0.122. The van der Waals surface area contributed by atoms with E-state index in [4.69, 9.17) is 14.0 Å². The van der Waals surface area contributed by atoms with Gasteiger partial charge in [0.1, 0.15) is 5.75 Å². The number of rotatable bonds is 6. The number of benzene rings is 2. The van der Waals surface area contributed by atoms with E-state index in [0.29, 0.717) is 60.7 Å². The Labute approximate surface area is 208 Å². The minimum absolute atomic E-state index is 0.0191. The van der Waals surface area contributed by atoms with Gasteiger partial charge >= 0.3 is 6.01 Å². The normalized spacial score (nSPS) is 14.0. The Hall–Kier alpha value is -4.52. The number of ether oxygens (including phenoxy) is 2. The van der Waals surface area contributed by atoms with E-state index in [2.05, 4.69) is 30.1 Å². The summed E-state index contributed by atoms with van der Waals surface area (Å²) >= 11 is 0. The van der Waals surface area contributed by atoms with Crippen LogP contribution in [0, 0.1) is 6.92 Å². The average molecular weight is 506 g/mol. The maximum absolute atomic E-state index is 14.0. The molecule has 0 bridgehead atoms. The quantitative estimate of drug-likeness (QED) is 0.333. The van der Waals surface area contributed by atoms with Crippen LogP contribution in [0.15, 0.2) is 53.1 Å². The second-order valence-electron chi connectivity index (χ2n) is 8.18. The number of nitrogens with zero attached hydrogens (tertiary/aromatic N) is 8.